The number of carbonyl (C=O) groups excluding carboxylic acids is 3. The molecule has 2 aromatic carbocycles. The highest BCUT2D eigenvalue weighted by molar-refractivity contribution is 7.89. The number of para-hydroxylation sites is 1. The number of fused-ring (bicyclic) bond motifs is 1. The predicted octanol–water partition coefficient (Wildman–Crippen LogP) is 3.13. The van der Waals surface area contributed by atoms with Gasteiger partial charge < -0.3 is 24.5 Å². The maximum absolute atomic E-state index is 13.3. The van der Waals surface area contributed by atoms with E-state index in [4.69, 9.17) is 13.9 Å². The summed E-state index contributed by atoms with van der Waals surface area (Å²) in [6.07, 6.45) is 0.945. The van der Waals surface area contributed by atoms with Gasteiger partial charge >= 0.3 is 0 Å². The van der Waals surface area contributed by atoms with Gasteiger partial charge in [0.05, 0.1) is 31.7 Å². The van der Waals surface area contributed by atoms with Crippen LogP contribution in [0.5, 0.6) is 11.5 Å². The Kier molecular flexibility index (Phi) is 9.34. The summed E-state index contributed by atoms with van der Waals surface area (Å²) in [5.74, 6) is -0.591. The number of nitrogens with one attached hydrogen (secondary N) is 2. The zero-order valence-corrected chi connectivity index (χ0v) is 24.3. The Labute approximate surface area is 239 Å². The quantitative estimate of drug-likeness (QED) is 0.369. The van der Waals surface area contributed by atoms with Crippen molar-refractivity contribution in [1.82, 2.24) is 14.9 Å². The molecule has 12 heteroatoms. The van der Waals surface area contributed by atoms with Crippen LogP contribution in [0.3, 0.4) is 0 Å². The smallest absolute Gasteiger partial charge is 0.287 e. The van der Waals surface area contributed by atoms with Crippen LogP contribution >= 0.6 is 0 Å². The Morgan fingerprint density at radius 3 is 2.56 bits per heavy atom. The molecule has 2 N–H and O–H groups in total. The first kappa shape index (κ1) is 30.1. The Balaban J connectivity index is 1.46. The first-order valence-corrected chi connectivity index (χ1v) is 14.8. The number of benzene rings is 2. The number of hydrogen-bond donors (Lipinski definition) is 2. The molecule has 0 radical (unpaired) electrons. The molecule has 0 bridgehead atoms. The lowest BCUT2D eigenvalue weighted by atomic mass is 10.0. The highest BCUT2D eigenvalue weighted by Gasteiger charge is 2.34. The van der Waals surface area contributed by atoms with Crippen LogP contribution in [0.4, 0.5) is 0 Å². The average molecular weight is 586 g/mol. The van der Waals surface area contributed by atoms with E-state index in [-0.39, 0.29) is 36.1 Å². The van der Waals surface area contributed by atoms with Crippen molar-refractivity contribution in [3.63, 3.8) is 0 Å². The lowest BCUT2D eigenvalue weighted by Crippen LogP contribution is -2.52. The van der Waals surface area contributed by atoms with Gasteiger partial charge in [0.15, 0.2) is 22.9 Å². The van der Waals surface area contributed by atoms with Gasteiger partial charge in [0, 0.05) is 18.0 Å². The van der Waals surface area contributed by atoms with Crippen LogP contribution in [-0.2, 0) is 19.6 Å². The number of nitrogens with zero attached hydrogens (tertiary/aromatic N) is 1. The summed E-state index contributed by atoms with van der Waals surface area (Å²) in [5, 5.41) is 6.16. The molecule has 2 atom stereocenters. The molecule has 0 aliphatic carbocycles. The van der Waals surface area contributed by atoms with Gasteiger partial charge in [0.25, 0.3) is 5.91 Å². The highest BCUT2D eigenvalue weighted by Crippen LogP contribution is 2.28. The van der Waals surface area contributed by atoms with E-state index in [0.29, 0.717) is 35.3 Å². The van der Waals surface area contributed by atoms with Crippen molar-refractivity contribution in [3.8, 4) is 11.5 Å². The number of furan rings is 1. The van der Waals surface area contributed by atoms with Gasteiger partial charge in [-0.2, -0.15) is 4.31 Å². The number of amides is 2. The molecule has 2 amide bonds. The van der Waals surface area contributed by atoms with Gasteiger partial charge in [0.2, 0.25) is 15.9 Å². The van der Waals surface area contributed by atoms with Gasteiger partial charge in [-0.1, -0.05) is 32.0 Å². The van der Waals surface area contributed by atoms with Gasteiger partial charge in [-0.25, -0.2) is 8.42 Å². The van der Waals surface area contributed by atoms with Gasteiger partial charge in [-0.15, -0.1) is 0 Å². The van der Waals surface area contributed by atoms with Crippen LogP contribution in [0.15, 0.2) is 57.8 Å². The number of methoxy groups -OCH3 is 2. The SMILES string of the molecule is COc1cccc(S(=O)(=O)N2CCC[C@H](NC(=O)C(CC(C)C)NC(=O)c3cc4cccc(OC)c4o3)C(=O)C2)c1. The molecule has 41 heavy (non-hydrogen) atoms. The third-order valence-electron chi connectivity index (χ3n) is 6.90. The zero-order chi connectivity index (χ0) is 29.7. The molecular formula is C29H35N3O8S. The molecule has 1 fully saturated rings. The normalized spacial score (nSPS) is 17.2. The third-order valence-corrected chi connectivity index (χ3v) is 8.74. The summed E-state index contributed by atoms with van der Waals surface area (Å²) in [5.41, 5.74) is 0.419. The molecule has 0 spiro atoms. The molecule has 2 heterocycles. The Hall–Kier alpha value is -3.90. The summed E-state index contributed by atoms with van der Waals surface area (Å²) >= 11 is 0. The average Bonchev–Trinajstić information content (AvgIpc) is 3.31. The number of carbonyl (C=O) groups is 3. The number of hydrogen-bond acceptors (Lipinski definition) is 8. The first-order valence-electron chi connectivity index (χ1n) is 13.4. The van der Waals surface area contributed by atoms with Crippen LogP contribution in [0, 0.1) is 5.92 Å². The van der Waals surface area contributed by atoms with Crippen molar-refractivity contribution in [2.45, 2.75) is 50.1 Å². The van der Waals surface area contributed by atoms with E-state index in [9.17, 15) is 22.8 Å². The second kappa shape index (κ2) is 12.7. The van der Waals surface area contributed by atoms with E-state index < -0.39 is 39.7 Å². The summed E-state index contributed by atoms with van der Waals surface area (Å²) in [6, 6.07) is 11.1. The summed E-state index contributed by atoms with van der Waals surface area (Å²) in [4.78, 5) is 39.6. The van der Waals surface area contributed by atoms with Gasteiger partial charge in [-0.3, -0.25) is 14.4 Å². The molecule has 1 aliphatic heterocycles. The van der Waals surface area contributed by atoms with Crippen LogP contribution in [0.2, 0.25) is 0 Å². The van der Waals surface area contributed by atoms with E-state index in [1.54, 1.807) is 36.4 Å². The third kappa shape index (κ3) is 6.88. The van der Waals surface area contributed by atoms with E-state index in [1.807, 2.05) is 13.8 Å². The fourth-order valence-corrected chi connectivity index (χ4v) is 6.26. The van der Waals surface area contributed by atoms with Crippen molar-refractivity contribution in [2.75, 3.05) is 27.3 Å². The van der Waals surface area contributed by atoms with Crippen LogP contribution < -0.4 is 20.1 Å². The minimum Gasteiger partial charge on any atom is -0.497 e. The van der Waals surface area contributed by atoms with Gasteiger partial charge in [0.1, 0.15) is 11.8 Å². The van der Waals surface area contributed by atoms with Crippen molar-refractivity contribution in [3.05, 3.63) is 54.3 Å². The lowest BCUT2D eigenvalue weighted by molar-refractivity contribution is -0.129. The number of ether oxygens (including phenoxy) is 2. The molecule has 1 aromatic heterocycles. The summed E-state index contributed by atoms with van der Waals surface area (Å²) < 4.78 is 43.8. The second-order valence-electron chi connectivity index (χ2n) is 10.3. The molecule has 0 saturated carbocycles. The van der Waals surface area contributed by atoms with E-state index in [0.717, 1.165) is 4.31 Å². The predicted molar refractivity (Wildman–Crippen MR) is 151 cm³/mol. The Morgan fingerprint density at radius 1 is 1.10 bits per heavy atom. The van der Waals surface area contributed by atoms with Crippen LogP contribution in [-0.4, -0.2) is 69.7 Å². The minimum atomic E-state index is -3.95. The first-order chi connectivity index (χ1) is 19.5. The molecular weight excluding hydrogens is 550 g/mol. The number of Topliss-reactive ketones (excluding diaryl/α,β-unsaturated/α-hetero) is 1. The Morgan fingerprint density at radius 2 is 1.85 bits per heavy atom. The van der Waals surface area contributed by atoms with Gasteiger partial charge in [-0.05, 0) is 49.4 Å². The molecule has 3 aromatic rings. The molecule has 1 aliphatic rings. The van der Waals surface area contributed by atoms with Crippen molar-refractivity contribution in [2.24, 2.45) is 5.92 Å². The summed E-state index contributed by atoms with van der Waals surface area (Å²) in [6.45, 7) is 3.57. The molecule has 11 nitrogen and oxygen atoms in total. The minimum absolute atomic E-state index is 0.0231. The topological polar surface area (TPSA) is 144 Å². The monoisotopic (exact) mass is 585 g/mol. The maximum Gasteiger partial charge on any atom is 0.287 e. The number of sulfonamides is 1. The fraction of sp³-hybridized carbons (Fsp3) is 0.414. The van der Waals surface area contributed by atoms with Crippen LogP contribution in [0.1, 0.15) is 43.7 Å². The van der Waals surface area contributed by atoms with Crippen molar-refractivity contribution >= 4 is 38.6 Å². The number of ketones is 1. The molecule has 220 valence electrons. The molecule has 4 rings (SSSR count). The Bertz CT molecular complexity index is 1530. The number of rotatable bonds is 10. The second-order valence-corrected chi connectivity index (χ2v) is 12.3. The highest BCUT2D eigenvalue weighted by atomic mass is 32.2. The van der Waals surface area contributed by atoms with E-state index in [1.165, 1.54) is 26.4 Å². The molecule has 1 unspecified atom stereocenters. The summed E-state index contributed by atoms with van der Waals surface area (Å²) in [7, 11) is -1.01. The molecule has 1 saturated heterocycles. The standard InChI is InChI=1S/C29H35N3O8S/c1-18(2)14-23(31-29(35)26-15-19-8-5-12-25(39-4)27(19)40-26)28(34)30-22-11-7-13-32(17-24(22)33)41(36,37)21-10-6-9-20(16-21)38-3/h5-6,8-10,12,15-16,18,22-23H,7,11,13-14,17H2,1-4H3,(H,30,34)(H,31,35)/t22-,23?/m0/s1. The van der Waals surface area contributed by atoms with Crippen LogP contribution in [0.25, 0.3) is 11.0 Å². The zero-order valence-electron chi connectivity index (χ0n) is 23.5. The van der Waals surface area contributed by atoms with E-state index >= 15 is 0 Å². The van der Waals surface area contributed by atoms with Crippen molar-refractivity contribution in [1.29, 1.82) is 0 Å². The van der Waals surface area contributed by atoms with Crippen molar-refractivity contribution < 1.29 is 36.7 Å². The lowest BCUT2D eigenvalue weighted by Gasteiger charge is -2.23. The fourth-order valence-electron chi connectivity index (χ4n) is 4.78. The maximum atomic E-state index is 13.3. The largest absolute Gasteiger partial charge is 0.497 e. The van der Waals surface area contributed by atoms with E-state index in [2.05, 4.69) is 10.6 Å².